The van der Waals surface area contributed by atoms with Crippen molar-refractivity contribution >= 4 is 15.9 Å². The Bertz CT molecular complexity index is 342. The van der Waals surface area contributed by atoms with Crippen molar-refractivity contribution in [3.05, 3.63) is 22.2 Å². The van der Waals surface area contributed by atoms with Gasteiger partial charge in [0.25, 0.3) is 0 Å². The van der Waals surface area contributed by atoms with Crippen LogP contribution in [0.1, 0.15) is 18.9 Å². The van der Waals surface area contributed by atoms with E-state index in [1.165, 1.54) is 5.56 Å². The van der Waals surface area contributed by atoms with Crippen LogP contribution in [0.5, 0.6) is 11.5 Å². The molecule has 4 heteroatoms. The summed E-state index contributed by atoms with van der Waals surface area (Å²) >= 11 is 3.48. The SMILES string of the molecule is CCOc1cc(CCCN)cc(Br)c1OC. The zero-order chi connectivity index (χ0) is 12.0. The molecule has 0 aliphatic rings. The molecule has 1 aromatic carbocycles. The smallest absolute Gasteiger partial charge is 0.174 e. The minimum absolute atomic E-state index is 0.628. The highest BCUT2D eigenvalue weighted by Gasteiger charge is 2.10. The van der Waals surface area contributed by atoms with Crippen LogP contribution in [0.25, 0.3) is 0 Å². The minimum atomic E-state index is 0.628. The molecule has 0 spiro atoms. The second-order valence-electron chi connectivity index (χ2n) is 3.43. The van der Waals surface area contributed by atoms with Crippen molar-refractivity contribution in [2.75, 3.05) is 20.3 Å². The molecular weight excluding hydrogens is 270 g/mol. The van der Waals surface area contributed by atoms with Crippen LogP contribution < -0.4 is 15.2 Å². The molecule has 0 saturated carbocycles. The maximum atomic E-state index is 5.54. The summed E-state index contributed by atoms with van der Waals surface area (Å²) in [6.07, 6.45) is 1.93. The summed E-state index contributed by atoms with van der Waals surface area (Å²) < 4.78 is 11.8. The van der Waals surface area contributed by atoms with E-state index in [2.05, 4.69) is 22.0 Å². The Balaban J connectivity index is 2.97. The first kappa shape index (κ1) is 13.3. The van der Waals surface area contributed by atoms with E-state index >= 15 is 0 Å². The van der Waals surface area contributed by atoms with E-state index < -0.39 is 0 Å². The zero-order valence-electron chi connectivity index (χ0n) is 9.75. The number of hydrogen-bond donors (Lipinski definition) is 1. The number of halogens is 1. The van der Waals surface area contributed by atoms with Crippen LogP contribution in [0, 0.1) is 0 Å². The van der Waals surface area contributed by atoms with Crippen LogP contribution in [0.4, 0.5) is 0 Å². The molecule has 0 aliphatic heterocycles. The first-order valence-corrected chi connectivity index (χ1v) is 6.21. The highest BCUT2D eigenvalue weighted by molar-refractivity contribution is 9.10. The lowest BCUT2D eigenvalue weighted by atomic mass is 10.1. The van der Waals surface area contributed by atoms with Gasteiger partial charge in [-0.3, -0.25) is 0 Å². The van der Waals surface area contributed by atoms with E-state index in [1.54, 1.807) is 7.11 Å². The van der Waals surface area contributed by atoms with Gasteiger partial charge in [0.15, 0.2) is 11.5 Å². The number of methoxy groups -OCH3 is 1. The summed E-state index contributed by atoms with van der Waals surface area (Å²) in [7, 11) is 1.64. The highest BCUT2D eigenvalue weighted by atomic mass is 79.9. The van der Waals surface area contributed by atoms with Crippen molar-refractivity contribution in [2.24, 2.45) is 5.73 Å². The van der Waals surface area contributed by atoms with E-state index in [-0.39, 0.29) is 0 Å². The fourth-order valence-electron chi connectivity index (χ4n) is 1.53. The molecule has 1 aromatic rings. The molecule has 16 heavy (non-hydrogen) atoms. The van der Waals surface area contributed by atoms with E-state index in [0.29, 0.717) is 13.2 Å². The van der Waals surface area contributed by atoms with Gasteiger partial charge in [-0.05, 0) is 59.9 Å². The Morgan fingerprint density at radius 3 is 2.69 bits per heavy atom. The van der Waals surface area contributed by atoms with Crippen LogP contribution >= 0.6 is 15.9 Å². The van der Waals surface area contributed by atoms with Crippen LogP contribution in [0.3, 0.4) is 0 Å². The third-order valence-corrected chi connectivity index (χ3v) is 2.83. The number of nitrogens with two attached hydrogens (primary N) is 1. The van der Waals surface area contributed by atoms with Gasteiger partial charge >= 0.3 is 0 Å². The molecule has 0 fully saturated rings. The van der Waals surface area contributed by atoms with Crippen molar-refractivity contribution in [1.29, 1.82) is 0 Å². The van der Waals surface area contributed by atoms with Crippen molar-refractivity contribution < 1.29 is 9.47 Å². The molecule has 0 radical (unpaired) electrons. The predicted molar refractivity (Wildman–Crippen MR) is 69.2 cm³/mol. The molecular formula is C12H18BrNO2. The van der Waals surface area contributed by atoms with Gasteiger partial charge in [0.1, 0.15) is 0 Å². The molecule has 0 bridgehead atoms. The quantitative estimate of drug-likeness (QED) is 0.875. The average Bonchev–Trinajstić information content (AvgIpc) is 2.26. The number of benzene rings is 1. The summed E-state index contributed by atoms with van der Waals surface area (Å²) in [4.78, 5) is 0. The second-order valence-corrected chi connectivity index (χ2v) is 4.29. The Labute approximate surface area is 105 Å². The Hall–Kier alpha value is -0.740. The Morgan fingerprint density at radius 1 is 1.38 bits per heavy atom. The minimum Gasteiger partial charge on any atom is -0.492 e. The fraction of sp³-hybridized carbons (Fsp3) is 0.500. The van der Waals surface area contributed by atoms with E-state index in [1.807, 2.05) is 13.0 Å². The average molecular weight is 288 g/mol. The van der Waals surface area contributed by atoms with Crippen molar-refractivity contribution in [1.82, 2.24) is 0 Å². The van der Waals surface area contributed by atoms with Crippen molar-refractivity contribution in [3.8, 4) is 11.5 Å². The lowest BCUT2D eigenvalue weighted by molar-refractivity contribution is 0.309. The largest absolute Gasteiger partial charge is 0.492 e. The van der Waals surface area contributed by atoms with E-state index in [4.69, 9.17) is 15.2 Å². The highest BCUT2D eigenvalue weighted by Crippen LogP contribution is 2.36. The maximum Gasteiger partial charge on any atom is 0.174 e. The summed E-state index contributed by atoms with van der Waals surface area (Å²) in [5, 5.41) is 0. The molecule has 0 saturated heterocycles. The normalized spacial score (nSPS) is 10.2. The summed E-state index contributed by atoms with van der Waals surface area (Å²) in [6, 6.07) is 4.07. The second kappa shape index (κ2) is 6.76. The molecule has 0 heterocycles. The van der Waals surface area contributed by atoms with Gasteiger partial charge in [-0.15, -0.1) is 0 Å². The summed E-state index contributed by atoms with van der Waals surface area (Å²) in [5.74, 6) is 1.53. The molecule has 0 aromatic heterocycles. The fourth-order valence-corrected chi connectivity index (χ4v) is 2.18. The van der Waals surface area contributed by atoms with Gasteiger partial charge in [-0.1, -0.05) is 0 Å². The number of hydrogen-bond acceptors (Lipinski definition) is 3. The zero-order valence-corrected chi connectivity index (χ0v) is 11.3. The molecule has 0 amide bonds. The van der Waals surface area contributed by atoms with Crippen LogP contribution in [-0.4, -0.2) is 20.3 Å². The van der Waals surface area contributed by atoms with Crippen molar-refractivity contribution in [2.45, 2.75) is 19.8 Å². The molecule has 3 nitrogen and oxygen atoms in total. The van der Waals surface area contributed by atoms with Gasteiger partial charge in [0.05, 0.1) is 18.2 Å². The van der Waals surface area contributed by atoms with Crippen molar-refractivity contribution in [3.63, 3.8) is 0 Å². The van der Waals surface area contributed by atoms with E-state index in [0.717, 1.165) is 28.8 Å². The number of aryl methyl sites for hydroxylation is 1. The Morgan fingerprint density at radius 2 is 2.12 bits per heavy atom. The van der Waals surface area contributed by atoms with Crippen LogP contribution in [0.15, 0.2) is 16.6 Å². The number of rotatable bonds is 6. The molecule has 2 N–H and O–H groups in total. The van der Waals surface area contributed by atoms with Gasteiger partial charge in [-0.2, -0.15) is 0 Å². The van der Waals surface area contributed by atoms with Gasteiger partial charge in [0, 0.05) is 0 Å². The summed E-state index contributed by atoms with van der Waals surface area (Å²) in [6.45, 7) is 3.29. The van der Waals surface area contributed by atoms with Gasteiger partial charge in [0.2, 0.25) is 0 Å². The third kappa shape index (κ3) is 3.39. The molecule has 90 valence electrons. The molecule has 0 aliphatic carbocycles. The lowest BCUT2D eigenvalue weighted by Gasteiger charge is -2.13. The van der Waals surface area contributed by atoms with Crippen LogP contribution in [-0.2, 0) is 6.42 Å². The third-order valence-electron chi connectivity index (χ3n) is 2.24. The standard InChI is InChI=1S/C12H18BrNO2/c1-3-16-11-8-9(5-4-6-14)7-10(13)12(11)15-2/h7-8H,3-6,14H2,1-2H3. The van der Waals surface area contributed by atoms with Crippen LogP contribution in [0.2, 0.25) is 0 Å². The maximum absolute atomic E-state index is 5.54. The first-order chi connectivity index (χ1) is 7.72. The summed E-state index contributed by atoms with van der Waals surface area (Å²) in [5.41, 5.74) is 6.71. The molecule has 0 atom stereocenters. The van der Waals surface area contributed by atoms with E-state index in [9.17, 15) is 0 Å². The van der Waals surface area contributed by atoms with Gasteiger partial charge in [-0.25, -0.2) is 0 Å². The lowest BCUT2D eigenvalue weighted by Crippen LogP contribution is -2.02. The van der Waals surface area contributed by atoms with Gasteiger partial charge < -0.3 is 15.2 Å². The predicted octanol–water partition coefficient (Wildman–Crippen LogP) is 2.75. The Kier molecular flexibility index (Phi) is 5.63. The molecule has 0 unspecified atom stereocenters. The monoisotopic (exact) mass is 287 g/mol. The molecule has 1 rings (SSSR count). The number of ether oxygens (including phenoxy) is 2. The topological polar surface area (TPSA) is 44.5 Å². The first-order valence-electron chi connectivity index (χ1n) is 5.42.